The average molecular weight is 488 g/mol. The van der Waals surface area contributed by atoms with E-state index in [1.807, 2.05) is 12.3 Å². The summed E-state index contributed by atoms with van der Waals surface area (Å²) in [7, 11) is 0. The van der Waals surface area contributed by atoms with Crippen molar-refractivity contribution in [2.45, 2.75) is 44.9 Å². The Bertz CT molecular complexity index is 1280. The van der Waals surface area contributed by atoms with Gasteiger partial charge in [-0.15, -0.1) is 0 Å². The van der Waals surface area contributed by atoms with Crippen molar-refractivity contribution in [1.29, 1.82) is 0 Å². The topological polar surface area (TPSA) is 44.3 Å². The number of benzene rings is 1. The number of allylic oxidation sites excluding steroid dienone is 1. The van der Waals surface area contributed by atoms with Gasteiger partial charge in [0, 0.05) is 52.7 Å². The quantitative estimate of drug-likeness (QED) is 0.475. The van der Waals surface area contributed by atoms with E-state index in [9.17, 15) is 0 Å². The van der Waals surface area contributed by atoms with Crippen LogP contribution in [0.15, 0.2) is 55.0 Å². The van der Waals surface area contributed by atoms with E-state index in [0.29, 0.717) is 5.41 Å². The fourth-order valence-electron chi connectivity index (χ4n) is 6.30. The first-order chi connectivity index (χ1) is 16.8. The summed E-state index contributed by atoms with van der Waals surface area (Å²) in [5, 5.41) is 5.52. The summed E-state index contributed by atoms with van der Waals surface area (Å²) in [6.07, 6.45) is 8.35. The predicted molar refractivity (Wildman–Crippen MR) is 145 cm³/mol. The number of likely N-dealkylation sites (tertiary alicyclic amines) is 1. The van der Waals surface area contributed by atoms with Crippen LogP contribution in [0.5, 0.6) is 0 Å². The molecule has 0 radical (unpaired) electrons. The third-order valence-corrected chi connectivity index (χ3v) is 8.42. The van der Waals surface area contributed by atoms with Crippen molar-refractivity contribution in [3.63, 3.8) is 0 Å². The highest BCUT2D eigenvalue weighted by Crippen LogP contribution is 2.50. The van der Waals surface area contributed by atoms with Crippen LogP contribution in [0.2, 0.25) is 5.02 Å². The number of pyridine rings is 2. The van der Waals surface area contributed by atoms with Crippen LogP contribution in [-0.2, 0) is 11.8 Å². The van der Waals surface area contributed by atoms with Gasteiger partial charge in [0.2, 0.25) is 0 Å². The van der Waals surface area contributed by atoms with Crippen molar-refractivity contribution in [3.05, 3.63) is 71.2 Å². The fourth-order valence-corrected chi connectivity index (χ4v) is 6.47. The number of nitrogens with zero attached hydrogens (tertiary/aromatic N) is 4. The molecule has 1 aromatic carbocycles. The van der Waals surface area contributed by atoms with Crippen molar-refractivity contribution in [1.82, 2.24) is 14.9 Å². The van der Waals surface area contributed by atoms with Gasteiger partial charge >= 0.3 is 0 Å². The molecule has 0 aliphatic carbocycles. The van der Waals surface area contributed by atoms with Gasteiger partial charge in [0.25, 0.3) is 0 Å². The Labute approximate surface area is 213 Å². The third-order valence-electron chi connectivity index (χ3n) is 8.18. The van der Waals surface area contributed by atoms with Gasteiger partial charge < -0.3 is 15.1 Å². The normalized spacial score (nSPS) is 20.7. The van der Waals surface area contributed by atoms with Crippen molar-refractivity contribution in [3.8, 4) is 0 Å². The lowest BCUT2D eigenvalue weighted by molar-refractivity contribution is 0.179. The Morgan fingerprint density at radius 2 is 1.89 bits per heavy atom. The van der Waals surface area contributed by atoms with Crippen molar-refractivity contribution in [2.24, 2.45) is 5.41 Å². The molecule has 1 spiro atoms. The Hall–Kier alpha value is -2.63. The lowest BCUT2D eigenvalue weighted by Gasteiger charge is -2.46. The standard InChI is InChI=1S/C29H34ClN5/c1-20-29(24-16-23(30)6-7-25(24)33-20)9-13-34(14-10-29)12-4-5-21-15-22-8-11-31-27(26(22)32-17-21)35-18-28(2,3)19-35/h6-8,11,15-17,33H,1,4-5,9-10,12-14,18-19H2,2-3H3. The van der Waals surface area contributed by atoms with Gasteiger partial charge in [0.1, 0.15) is 5.52 Å². The second-order valence-electron chi connectivity index (χ2n) is 11.4. The van der Waals surface area contributed by atoms with Crippen LogP contribution in [0.1, 0.15) is 44.2 Å². The van der Waals surface area contributed by atoms with Crippen LogP contribution in [0, 0.1) is 5.41 Å². The van der Waals surface area contributed by atoms with E-state index < -0.39 is 0 Å². The molecule has 0 bridgehead atoms. The molecule has 2 saturated heterocycles. The molecule has 3 aliphatic rings. The fraction of sp³-hybridized carbons (Fsp3) is 0.448. The highest BCUT2D eigenvalue weighted by Gasteiger charge is 2.44. The summed E-state index contributed by atoms with van der Waals surface area (Å²) < 4.78 is 0. The van der Waals surface area contributed by atoms with Crippen LogP contribution in [0.3, 0.4) is 0 Å². The van der Waals surface area contributed by atoms with Gasteiger partial charge in [0.05, 0.1) is 0 Å². The minimum absolute atomic E-state index is 0.0242. The first-order valence-electron chi connectivity index (χ1n) is 12.8. The van der Waals surface area contributed by atoms with Crippen LogP contribution in [0.25, 0.3) is 10.9 Å². The monoisotopic (exact) mass is 487 g/mol. The summed E-state index contributed by atoms with van der Waals surface area (Å²) in [4.78, 5) is 14.4. The van der Waals surface area contributed by atoms with E-state index in [4.69, 9.17) is 16.6 Å². The van der Waals surface area contributed by atoms with Crippen LogP contribution >= 0.6 is 11.6 Å². The molecule has 3 aliphatic heterocycles. The number of halogens is 1. The van der Waals surface area contributed by atoms with Gasteiger partial charge in [-0.2, -0.15) is 0 Å². The molecular formula is C29H34ClN5. The van der Waals surface area contributed by atoms with E-state index in [2.05, 4.69) is 71.0 Å². The zero-order valence-electron chi connectivity index (χ0n) is 20.8. The molecule has 5 nitrogen and oxygen atoms in total. The lowest BCUT2D eigenvalue weighted by Crippen LogP contribution is -2.53. The molecule has 6 heteroatoms. The van der Waals surface area contributed by atoms with Crippen molar-refractivity contribution < 1.29 is 0 Å². The zero-order valence-corrected chi connectivity index (χ0v) is 21.5. The first-order valence-corrected chi connectivity index (χ1v) is 13.2. The summed E-state index contributed by atoms with van der Waals surface area (Å²) in [6.45, 7) is 14.4. The number of hydrogen-bond donors (Lipinski definition) is 1. The number of hydrogen-bond acceptors (Lipinski definition) is 5. The lowest BCUT2D eigenvalue weighted by atomic mass is 9.72. The summed E-state index contributed by atoms with van der Waals surface area (Å²) >= 11 is 6.33. The molecule has 35 heavy (non-hydrogen) atoms. The number of rotatable bonds is 5. The SMILES string of the molecule is C=C1Nc2ccc(Cl)cc2C12CCN(CCCc1cnc3c(N4CC(C)(C)C4)nccc3c1)CC2. The summed E-state index contributed by atoms with van der Waals surface area (Å²) in [5.41, 5.74) is 6.36. The molecule has 0 atom stereocenters. The molecule has 0 amide bonds. The molecular weight excluding hydrogens is 454 g/mol. The molecule has 2 fully saturated rings. The number of aromatic nitrogens is 2. The number of anilines is 2. The largest absolute Gasteiger partial charge is 0.358 e. The summed E-state index contributed by atoms with van der Waals surface area (Å²) in [5.74, 6) is 1.03. The highest BCUT2D eigenvalue weighted by atomic mass is 35.5. The maximum atomic E-state index is 6.33. The van der Waals surface area contributed by atoms with Gasteiger partial charge in [0.15, 0.2) is 5.82 Å². The Balaban J connectivity index is 1.06. The smallest absolute Gasteiger partial charge is 0.155 e. The summed E-state index contributed by atoms with van der Waals surface area (Å²) in [6, 6.07) is 10.6. The Morgan fingerprint density at radius 3 is 2.66 bits per heavy atom. The van der Waals surface area contributed by atoms with Crippen molar-refractivity contribution >= 4 is 34.0 Å². The molecule has 3 aromatic rings. The Kier molecular flexibility index (Phi) is 5.53. The molecule has 5 heterocycles. The molecule has 182 valence electrons. The maximum Gasteiger partial charge on any atom is 0.155 e. The number of nitrogens with one attached hydrogen (secondary N) is 1. The minimum Gasteiger partial charge on any atom is -0.358 e. The van der Waals surface area contributed by atoms with Crippen LogP contribution in [0.4, 0.5) is 11.5 Å². The maximum absolute atomic E-state index is 6.33. The number of piperidine rings is 1. The Morgan fingerprint density at radius 1 is 1.09 bits per heavy atom. The van der Waals surface area contributed by atoms with Gasteiger partial charge in [-0.25, -0.2) is 4.98 Å². The van der Waals surface area contributed by atoms with E-state index in [-0.39, 0.29) is 5.41 Å². The molecule has 1 N–H and O–H groups in total. The van der Waals surface area contributed by atoms with E-state index in [0.717, 1.165) is 80.5 Å². The van der Waals surface area contributed by atoms with E-state index in [1.165, 1.54) is 22.2 Å². The zero-order chi connectivity index (χ0) is 24.2. The number of aryl methyl sites for hydroxylation is 1. The van der Waals surface area contributed by atoms with Crippen LogP contribution in [-0.4, -0.2) is 47.6 Å². The highest BCUT2D eigenvalue weighted by molar-refractivity contribution is 6.30. The second kappa shape index (κ2) is 8.49. The molecule has 0 saturated carbocycles. The van der Waals surface area contributed by atoms with Crippen LogP contribution < -0.4 is 10.2 Å². The molecule has 0 unspecified atom stereocenters. The van der Waals surface area contributed by atoms with Gasteiger partial charge in [-0.05, 0) is 92.2 Å². The van der Waals surface area contributed by atoms with Crippen molar-refractivity contribution in [2.75, 3.05) is 42.9 Å². The predicted octanol–water partition coefficient (Wildman–Crippen LogP) is 6.04. The van der Waals surface area contributed by atoms with E-state index >= 15 is 0 Å². The third kappa shape index (κ3) is 4.09. The van der Waals surface area contributed by atoms with Gasteiger partial charge in [-0.1, -0.05) is 32.0 Å². The molecule has 6 rings (SSSR count). The average Bonchev–Trinajstić information content (AvgIpc) is 3.08. The second-order valence-corrected chi connectivity index (χ2v) is 11.8. The van der Waals surface area contributed by atoms with E-state index in [1.54, 1.807) is 0 Å². The first kappa shape index (κ1) is 22.8. The minimum atomic E-state index is 0.0242. The molecule has 2 aromatic heterocycles. The van der Waals surface area contributed by atoms with Gasteiger partial charge in [-0.3, -0.25) is 4.98 Å². The number of fused-ring (bicyclic) bond motifs is 3.